The molecule has 0 unspecified atom stereocenters. The van der Waals surface area contributed by atoms with Gasteiger partial charge in [0.2, 0.25) is 5.88 Å². The summed E-state index contributed by atoms with van der Waals surface area (Å²) < 4.78 is 5.79. The number of nitrogens with zero attached hydrogens (tertiary/aromatic N) is 4. The molecule has 0 radical (unpaired) electrons. The fourth-order valence-corrected chi connectivity index (χ4v) is 1.74. The van der Waals surface area contributed by atoms with Gasteiger partial charge in [0.15, 0.2) is 5.82 Å². The Morgan fingerprint density at radius 2 is 2.16 bits per heavy atom. The molecule has 2 aromatic rings. The zero-order chi connectivity index (χ0) is 13.7. The summed E-state index contributed by atoms with van der Waals surface area (Å²) in [6, 6.07) is 3.51. The van der Waals surface area contributed by atoms with Crippen LogP contribution < -0.4 is 10.1 Å². The van der Waals surface area contributed by atoms with Gasteiger partial charge in [0.25, 0.3) is 0 Å². The van der Waals surface area contributed by atoms with E-state index in [1.807, 2.05) is 0 Å². The lowest BCUT2D eigenvalue weighted by molar-refractivity contribution is 0.392. The van der Waals surface area contributed by atoms with Crippen LogP contribution in [-0.4, -0.2) is 33.8 Å². The summed E-state index contributed by atoms with van der Waals surface area (Å²) in [6.45, 7) is 2.95. The van der Waals surface area contributed by atoms with E-state index < -0.39 is 0 Å². The summed E-state index contributed by atoms with van der Waals surface area (Å²) in [5.41, 5.74) is 0.604. The smallest absolute Gasteiger partial charge is 0.233 e. The zero-order valence-corrected chi connectivity index (χ0v) is 12.3. The first-order valence-corrected chi connectivity index (χ1v) is 6.68. The van der Waals surface area contributed by atoms with Crippen molar-refractivity contribution in [2.75, 3.05) is 19.0 Å². The zero-order valence-electron chi connectivity index (χ0n) is 10.7. The van der Waals surface area contributed by atoms with Crippen LogP contribution in [0, 0.1) is 0 Å². The van der Waals surface area contributed by atoms with E-state index in [0.717, 1.165) is 23.3 Å². The van der Waals surface area contributed by atoms with Crippen molar-refractivity contribution < 1.29 is 4.74 Å². The van der Waals surface area contributed by atoms with Crippen LogP contribution in [0.5, 0.6) is 5.88 Å². The van der Waals surface area contributed by atoms with Crippen LogP contribution in [0.1, 0.15) is 13.3 Å². The number of nitrogens with one attached hydrogen (secondary N) is 1. The van der Waals surface area contributed by atoms with Gasteiger partial charge in [0, 0.05) is 18.8 Å². The summed E-state index contributed by atoms with van der Waals surface area (Å²) >= 11 is 3.41. The van der Waals surface area contributed by atoms with Gasteiger partial charge in [0.05, 0.1) is 11.6 Å². The Kier molecular flexibility index (Phi) is 4.62. The van der Waals surface area contributed by atoms with Crippen molar-refractivity contribution in [3.63, 3.8) is 0 Å². The van der Waals surface area contributed by atoms with Crippen molar-refractivity contribution in [2.45, 2.75) is 13.3 Å². The highest BCUT2D eigenvalue weighted by Crippen LogP contribution is 2.22. The highest BCUT2D eigenvalue weighted by Gasteiger charge is 2.08. The molecule has 0 amide bonds. The van der Waals surface area contributed by atoms with Gasteiger partial charge in [-0.1, -0.05) is 6.92 Å². The number of ether oxygens (including phenoxy) is 1. The lowest BCUT2D eigenvalue weighted by Gasteiger charge is -2.07. The average Bonchev–Trinajstić information content (AvgIpc) is 2.46. The molecule has 0 bridgehead atoms. The number of hydrogen-bond acceptors (Lipinski definition) is 6. The third-order valence-corrected chi connectivity index (χ3v) is 2.95. The Morgan fingerprint density at radius 3 is 2.79 bits per heavy atom. The molecule has 100 valence electrons. The second kappa shape index (κ2) is 6.42. The van der Waals surface area contributed by atoms with Gasteiger partial charge >= 0.3 is 0 Å². The maximum absolute atomic E-state index is 4.97. The van der Waals surface area contributed by atoms with Crippen molar-refractivity contribution in [3.05, 3.63) is 22.8 Å². The first-order chi connectivity index (χ1) is 9.24. The Bertz CT molecular complexity index is 546. The molecule has 2 rings (SSSR count). The predicted octanol–water partition coefficient (Wildman–Crippen LogP) is 2.53. The highest BCUT2D eigenvalue weighted by atomic mass is 79.9. The van der Waals surface area contributed by atoms with E-state index in [2.05, 4.69) is 48.3 Å². The Balaban J connectivity index is 2.28. The fraction of sp³-hybridized carbons (Fsp3) is 0.333. The number of rotatable bonds is 5. The third kappa shape index (κ3) is 3.37. The Morgan fingerprint density at radius 1 is 1.32 bits per heavy atom. The number of halogens is 1. The van der Waals surface area contributed by atoms with Crippen LogP contribution in [0.25, 0.3) is 11.5 Å². The van der Waals surface area contributed by atoms with Gasteiger partial charge in [-0.3, -0.25) is 0 Å². The summed E-state index contributed by atoms with van der Waals surface area (Å²) in [5.74, 6) is 1.74. The summed E-state index contributed by atoms with van der Waals surface area (Å²) in [4.78, 5) is 8.65. The van der Waals surface area contributed by atoms with E-state index >= 15 is 0 Å². The molecular weight excluding hydrogens is 310 g/mol. The van der Waals surface area contributed by atoms with Crippen LogP contribution in [-0.2, 0) is 0 Å². The molecule has 0 aliphatic carbocycles. The predicted molar refractivity (Wildman–Crippen MR) is 76.1 cm³/mol. The molecule has 6 nitrogen and oxygen atoms in total. The normalized spacial score (nSPS) is 10.3. The maximum atomic E-state index is 4.97. The van der Waals surface area contributed by atoms with Gasteiger partial charge < -0.3 is 10.1 Å². The Labute approximate surface area is 119 Å². The minimum Gasteiger partial charge on any atom is -0.480 e. The van der Waals surface area contributed by atoms with Gasteiger partial charge in [-0.2, -0.15) is 0 Å². The largest absolute Gasteiger partial charge is 0.480 e. The minimum absolute atomic E-state index is 0.463. The maximum Gasteiger partial charge on any atom is 0.233 e. The molecule has 1 N–H and O–H groups in total. The summed E-state index contributed by atoms with van der Waals surface area (Å²) in [7, 11) is 1.55. The van der Waals surface area contributed by atoms with E-state index in [1.54, 1.807) is 25.4 Å². The van der Waals surface area contributed by atoms with Crippen molar-refractivity contribution in [2.24, 2.45) is 0 Å². The number of hydrogen-bond donors (Lipinski definition) is 1. The van der Waals surface area contributed by atoms with Crippen molar-refractivity contribution >= 4 is 21.7 Å². The van der Waals surface area contributed by atoms with E-state index in [4.69, 9.17) is 4.74 Å². The van der Waals surface area contributed by atoms with Crippen LogP contribution in [0.2, 0.25) is 0 Å². The topological polar surface area (TPSA) is 72.8 Å². The first-order valence-electron chi connectivity index (χ1n) is 5.89. The van der Waals surface area contributed by atoms with Crippen LogP contribution in [0.4, 0.5) is 5.82 Å². The quantitative estimate of drug-likeness (QED) is 0.911. The standard InChI is InChI=1S/C12H14BrN5O/c1-3-6-14-11-8(13)7-15-12(16-11)9-4-5-10(19-2)18-17-9/h4-5,7H,3,6H2,1-2H3,(H,14,15,16). The molecule has 0 aliphatic heterocycles. The molecule has 0 spiro atoms. The summed E-state index contributed by atoms with van der Waals surface area (Å²) in [6.07, 6.45) is 2.72. The molecular formula is C12H14BrN5O. The van der Waals surface area contributed by atoms with Crippen LogP contribution in [0.15, 0.2) is 22.8 Å². The molecule has 0 fully saturated rings. The van der Waals surface area contributed by atoms with Crippen LogP contribution >= 0.6 is 15.9 Å². The second-order valence-corrected chi connectivity index (χ2v) is 4.63. The molecule has 0 saturated heterocycles. The fourth-order valence-electron chi connectivity index (χ4n) is 1.41. The monoisotopic (exact) mass is 323 g/mol. The first kappa shape index (κ1) is 13.7. The highest BCUT2D eigenvalue weighted by molar-refractivity contribution is 9.10. The van der Waals surface area contributed by atoms with Crippen molar-refractivity contribution in [1.29, 1.82) is 0 Å². The molecule has 7 heteroatoms. The molecule has 0 saturated carbocycles. The van der Waals surface area contributed by atoms with E-state index in [-0.39, 0.29) is 0 Å². The molecule has 2 heterocycles. The second-order valence-electron chi connectivity index (χ2n) is 3.78. The van der Waals surface area contributed by atoms with Crippen molar-refractivity contribution in [3.8, 4) is 17.4 Å². The van der Waals surface area contributed by atoms with Gasteiger partial charge in [0.1, 0.15) is 11.5 Å². The SMILES string of the molecule is CCCNc1nc(-c2ccc(OC)nn2)ncc1Br. The number of aromatic nitrogens is 4. The van der Waals surface area contributed by atoms with Gasteiger partial charge in [-0.05, 0) is 28.4 Å². The molecule has 0 aromatic carbocycles. The molecule has 0 atom stereocenters. The molecule has 19 heavy (non-hydrogen) atoms. The minimum atomic E-state index is 0.463. The van der Waals surface area contributed by atoms with Crippen LogP contribution in [0.3, 0.4) is 0 Å². The molecule has 2 aromatic heterocycles. The lowest BCUT2D eigenvalue weighted by Crippen LogP contribution is -2.05. The Hall–Kier alpha value is -1.76. The van der Waals surface area contributed by atoms with E-state index in [0.29, 0.717) is 17.4 Å². The van der Waals surface area contributed by atoms with Gasteiger partial charge in [-0.25, -0.2) is 9.97 Å². The third-order valence-electron chi connectivity index (χ3n) is 2.36. The van der Waals surface area contributed by atoms with E-state index in [9.17, 15) is 0 Å². The molecule has 0 aliphatic rings. The number of anilines is 1. The lowest BCUT2D eigenvalue weighted by atomic mass is 10.3. The van der Waals surface area contributed by atoms with Crippen molar-refractivity contribution in [1.82, 2.24) is 20.2 Å². The number of methoxy groups -OCH3 is 1. The summed E-state index contributed by atoms with van der Waals surface area (Å²) in [5, 5.41) is 11.2. The van der Waals surface area contributed by atoms with Gasteiger partial charge in [-0.15, -0.1) is 10.2 Å². The van der Waals surface area contributed by atoms with E-state index in [1.165, 1.54) is 0 Å². The average molecular weight is 324 g/mol.